The summed E-state index contributed by atoms with van der Waals surface area (Å²) in [5.74, 6) is 0. The SMILES string of the molecule is O=C/C=C\CCCCCCCCCO. The highest BCUT2D eigenvalue weighted by molar-refractivity contribution is 5.64. The van der Waals surface area contributed by atoms with Crippen molar-refractivity contribution in [3.8, 4) is 0 Å². The predicted octanol–water partition coefficient (Wildman–Crippen LogP) is 2.85. The summed E-state index contributed by atoms with van der Waals surface area (Å²) in [6.07, 6.45) is 13.7. The van der Waals surface area contributed by atoms with Gasteiger partial charge in [0.25, 0.3) is 0 Å². The number of hydrogen-bond acceptors (Lipinski definition) is 2. The number of hydrogen-bond donors (Lipinski definition) is 1. The first kappa shape index (κ1) is 13.4. The van der Waals surface area contributed by atoms with Gasteiger partial charge < -0.3 is 5.11 Å². The van der Waals surface area contributed by atoms with Crippen LogP contribution in [-0.2, 0) is 4.79 Å². The highest BCUT2D eigenvalue weighted by atomic mass is 16.2. The summed E-state index contributed by atoms with van der Waals surface area (Å²) in [5, 5.41) is 8.55. The second-order valence-electron chi connectivity index (χ2n) is 3.55. The summed E-state index contributed by atoms with van der Waals surface area (Å²) in [5.41, 5.74) is 0. The third kappa shape index (κ3) is 11.4. The highest BCUT2D eigenvalue weighted by Crippen LogP contribution is 2.08. The van der Waals surface area contributed by atoms with E-state index >= 15 is 0 Å². The lowest BCUT2D eigenvalue weighted by molar-refractivity contribution is -0.104. The van der Waals surface area contributed by atoms with E-state index in [0.29, 0.717) is 6.61 Å². The molecule has 0 saturated carbocycles. The minimum Gasteiger partial charge on any atom is -0.396 e. The average molecular weight is 198 g/mol. The summed E-state index contributed by atoms with van der Waals surface area (Å²) in [4.78, 5) is 9.93. The van der Waals surface area contributed by atoms with Crippen LogP contribution in [0.2, 0.25) is 0 Å². The van der Waals surface area contributed by atoms with Crippen molar-refractivity contribution in [1.29, 1.82) is 0 Å². The molecule has 0 heterocycles. The zero-order valence-electron chi connectivity index (χ0n) is 8.95. The minimum atomic E-state index is 0.330. The number of unbranched alkanes of at least 4 members (excludes halogenated alkanes) is 7. The van der Waals surface area contributed by atoms with E-state index in [0.717, 1.165) is 25.5 Å². The maximum Gasteiger partial charge on any atom is 0.142 e. The van der Waals surface area contributed by atoms with Gasteiger partial charge in [-0.2, -0.15) is 0 Å². The van der Waals surface area contributed by atoms with E-state index in [1.165, 1.54) is 32.1 Å². The number of aliphatic hydroxyl groups excluding tert-OH is 1. The Balaban J connectivity index is 2.91. The Kier molecular flexibility index (Phi) is 11.8. The zero-order valence-corrected chi connectivity index (χ0v) is 8.95. The molecule has 0 bridgehead atoms. The van der Waals surface area contributed by atoms with E-state index in [1.54, 1.807) is 6.08 Å². The lowest BCUT2D eigenvalue weighted by Gasteiger charge is -1.99. The molecule has 0 aromatic rings. The van der Waals surface area contributed by atoms with Gasteiger partial charge in [0.1, 0.15) is 6.29 Å². The van der Waals surface area contributed by atoms with E-state index in [1.807, 2.05) is 6.08 Å². The lowest BCUT2D eigenvalue weighted by atomic mass is 10.1. The summed E-state index contributed by atoms with van der Waals surface area (Å²) in [7, 11) is 0. The van der Waals surface area contributed by atoms with Crippen molar-refractivity contribution >= 4 is 6.29 Å². The normalized spacial score (nSPS) is 10.9. The van der Waals surface area contributed by atoms with Crippen LogP contribution in [0.5, 0.6) is 0 Å². The van der Waals surface area contributed by atoms with Gasteiger partial charge in [-0.3, -0.25) is 4.79 Å². The molecule has 0 amide bonds. The van der Waals surface area contributed by atoms with Gasteiger partial charge >= 0.3 is 0 Å². The van der Waals surface area contributed by atoms with Crippen LogP contribution in [0.15, 0.2) is 12.2 Å². The van der Waals surface area contributed by atoms with Crippen LogP contribution in [0, 0.1) is 0 Å². The Hall–Kier alpha value is -0.630. The smallest absolute Gasteiger partial charge is 0.142 e. The van der Waals surface area contributed by atoms with Gasteiger partial charge in [-0.15, -0.1) is 0 Å². The molecule has 2 heteroatoms. The van der Waals surface area contributed by atoms with Gasteiger partial charge in [0.15, 0.2) is 0 Å². The molecule has 0 aliphatic heterocycles. The first-order valence-electron chi connectivity index (χ1n) is 5.63. The minimum absolute atomic E-state index is 0.330. The lowest BCUT2D eigenvalue weighted by Crippen LogP contribution is -1.83. The number of aliphatic hydroxyl groups is 1. The van der Waals surface area contributed by atoms with E-state index in [2.05, 4.69) is 0 Å². The number of aldehydes is 1. The number of carbonyl (C=O) groups is 1. The predicted molar refractivity (Wildman–Crippen MR) is 59.2 cm³/mol. The fraction of sp³-hybridized carbons (Fsp3) is 0.750. The molecular weight excluding hydrogens is 176 g/mol. The molecule has 0 radical (unpaired) electrons. The Morgan fingerprint density at radius 3 is 2.00 bits per heavy atom. The summed E-state index contributed by atoms with van der Waals surface area (Å²) < 4.78 is 0. The first-order valence-corrected chi connectivity index (χ1v) is 5.63. The molecule has 82 valence electrons. The van der Waals surface area contributed by atoms with Crippen LogP contribution >= 0.6 is 0 Å². The van der Waals surface area contributed by atoms with Crippen molar-refractivity contribution in [3.63, 3.8) is 0 Å². The average Bonchev–Trinajstić information content (AvgIpc) is 2.21. The molecule has 1 N–H and O–H groups in total. The fourth-order valence-corrected chi connectivity index (χ4v) is 1.41. The summed E-state index contributed by atoms with van der Waals surface area (Å²) >= 11 is 0. The van der Waals surface area contributed by atoms with Crippen LogP contribution in [0.4, 0.5) is 0 Å². The Bertz CT molecular complexity index is 141. The maximum absolute atomic E-state index is 9.93. The van der Waals surface area contributed by atoms with Crippen molar-refractivity contribution < 1.29 is 9.90 Å². The largest absolute Gasteiger partial charge is 0.396 e. The molecule has 0 aromatic carbocycles. The van der Waals surface area contributed by atoms with Crippen molar-refractivity contribution in [2.75, 3.05) is 6.61 Å². The summed E-state index contributed by atoms with van der Waals surface area (Å²) in [6.45, 7) is 0.330. The van der Waals surface area contributed by atoms with E-state index < -0.39 is 0 Å². The molecule has 0 unspecified atom stereocenters. The topological polar surface area (TPSA) is 37.3 Å². The van der Waals surface area contributed by atoms with E-state index in [4.69, 9.17) is 5.11 Å². The third-order valence-corrected chi connectivity index (χ3v) is 2.24. The summed E-state index contributed by atoms with van der Waals surface area (Å²) in [6, 6.07) is 0. The molecule has 0 aliphatic carbocycles. The third-order valence-electron chi connectivity index (χ3n) is 2.24. The Labute approximate surface area is 87.0 Å². The molecule has 0 saturated heterocycles. The van der Waals surface area contributed by atoms with Crippen molar-refractivity contribution in [2.45, 2.75) is 51.4 Å². The van der Waals surface area contributed by atoms with Crippen LogP contribution in [0.3, 0.4) is 0 Å². The van der Waals surface area contributed by atoms with Crippen molar-refractivity contribution in [1.82, 2.24) is 0 Å². The molecular formula is C12H22O2. The van der Waals surface area contributed by atoms with Crippen LogP contribution < -0.4 is 0 Å². The number of carbonyl (C=O) groups excluding carboxylic acids is 1. The van der Waals surface area contributed by atoms with Gasteiger partial charge in [0.2, 0.25) is 0 Å². The molecule has 0 atom stereocenters. The number of allylic oxidation sites excluding steroid dienone is 2. The Morgan fingerprint density at radius 1 is 0.857 bits per heavy atom. The fourth-order valence-electron chi connectivity index (χ4n) is 1.41. The van der Waals surface area contributed by atoms with Crippen LogP contribution in [0.1, 0.15) is 51.4 Å². The van der Waals surface area contributed by atoms with Crippen LogP contribution in [0.25, 0.3) is 0 Å². The first-order chi connectivity index (χ1) is 6.91. The van der Waals surface area contributed by atoms with Gasteiger partial charge in [-0.25, -0.2) is 0 Å². The van der Waals surface area contributed by atoms with Gasteiger partial charge in [0.05, 0.1) is 0 Å². The van der Waals surface area contributed by atoms with Crippen molar-refractivity contribution in [2.24, 2.45) is 0 Å². The van der Waals surface area contributed by atoms with Gasteiger partial charge in [0, 0.05) is 6.61 Å². The molecule has 0 rings (SSSR count). The van der Waals surface area contributed by atoms with E-state index in [-0.39, 0.29) is 0 Å². The standard InChI is InChI=1S/C12H22O2/c13-11-9-7-5-3-1-2-4-6-8-10-12-14/h7,9,11,14H,1-6,8,10,12H2/b9-7-. The monoisotopic (exact) mass is 198 g/mol. The second kappa shape index (κ2) is 12.4. The number of rotatable bonds is 10. The molecule has 0 fully saturated rings. The quantitative estimate of drug-likeness (QED) is 0.333. The highest BCUT2D eigenvalue weighted by Gasteiger charge is 1.90. The molecule has 0 aliphatic rings. The molecule has 2 nitrogen and oxygen atoms in total. The second-order valence-corrected chi connectivity index (χ2v) is 3.55. The van der Waals surface area contributed by atoms with E-state index in [9.17, 15) is 4.79 Å². The zero-order chi connectivity index (χ0) is 10.5. The van der Waals surface area contributed by atoms with Gasteiger partial charge in [-0.1, -0.05) is 38.2 Å². The Morgan fingerprint density at radius 2 is 1.43 bits per heavy atom. The molecule has 14 heavy (non-hydrogen) atoms. The van der Waals surface area contributed by atoms with Gasteiger partial charge in [-0.05, 0) is 25.3 Å². The molecule has 0 aromatic heterocycles. The van der Waals surface area contributed by atoms with Crippen LogP contribution in [-0.4, -0.2) is 18.0 Å². The molecule has 0 spiro atoms. The van der Waals surface area contributed by atoms with Crippen molar-refractivity contribution in [3.05, 3.63) is 12.2 Å². The maximum atomic E-state index is 9.93.